The van der Waals surface area contributed by atoms with Crippen LogP contribution in [0.2, 0.25) is 0 Å². The van der Waals surface area contributed by atoms with Crippen LogP contribution in [0, 0.1) is 0 Å². The summed E-state index contributed by atoms with van der Waals surface area (Å²) in [5.41, 5.74) is 6.09. The molecule has 0 N–H and O–H groups in total. The molecule has 0 spiro atoms. The molecule has 2 nitrogen and oxygen atoms in total. The standard InChI is InChI=1S/C17H12Br2O2/c18-8-16(20)10-1-3-14-12(5-10)7-13-6-11(17(21)9-19)2-4-15(13)14/h1-6H,7-9H2. The van der Waals surface area contributed by atoms with Crippen molar-refractivity contribution in [2.45, 2.75) is 6.42 Å². The van der Waals surface area contributed by atoms with E-state index in [0.717, 1.165) is 39.8 Å². The van der Waals surface area contributed by atoms with Crippen LogP contribution in [-0.4, -0.2) is 22.2 Å². The quantitative estimate of drug-likeness (QED) is 0.474. The molecule has 0 radical (unpaired) electrons. The summed E-state index contributed by atoms with van der Waals surface area (Å²) in [6, 6.07) is 11.7. The molecule has 0 bridgehead atoms. The monoisotopic (exact) mass is 406 g/mol. The summed E-state index contributed by atoms with van der Waals surface area (Å²) < 4.78 is 0. The molecule has 0 fully saturated rings. The molecular formula is C17H12Br2O2. The molecule has 0 atom stereocenters. The number of halogens is 2. The van der Waals surface area contributed by atoms with Crippen molar-refractivity contribution in [3.8, 4) is 11.1 Å². The van der Waals surface area contributed by atoms with E-state index in [4.69, 9.17) is 0 Å². The molecule has 106 valence electrons. The molecule has 0 heterocycles. The average Bonchev–Trinajstić information content (AvgIpc) is 2.89. The van der Waals surface area contributed by atoms with Crippen molar-refractivity contribution in [3.05, 3.63) is 58.7 Å². The number of fused-ring (bicyclic) bond motifs is 3. The van der Waals surface area contributed by atoms with Crippen molar-refractivity contribution in [2.24, 2.45) is 0 Å². The van der Waals surface area contributed by atoms with E-state index in [0.29, 0.717) is 10.7 Å². The van der Waals surface area contributed by atoms with Crippen LogP contribution in [0.3, 0.4) is 0 Å². The lowest BCUT2D eigenvalue weighted by Gasteiger charge is -2.04. The lowest BCUT2D eigenvalue weighted by Crippen LogP contribution is -2.00. The first-order valence-corrected chi connectivity index (χ1v) is 8.83. The van der Waals surface area contributed by atoms with E-state index in [1.807, 2.05) is 36.4 Å². The largest absolute Gasteiger partial charge is 0.293 e. The molecule has 3 rings (SSSR count). The Morgan fingerprint density at radius 2 is 1.24 bits per heavy atom. The van der Waals surface area contributed by atoms with Gasteiger partial charge in [0.2, 0.25) is 0 Å². The Balaban J connectivity index is 2.01. The zero-order valence-electron chi connectivity index (χ0n) is 11.2. The number of hydrogen-bond donors (Lipinski definition) is 0. The second-order valence-corrected chi connectivity index (χ2v) is 6.16. The van der Waals surface area contributed by atoms with Gasteiger partial charge in [0.25, 0.3) is 0 Å². The third-order valence-corrected chi connectivity index (χ3v) is 4.79. The van der Waals surface area contributed by atoms with Crippen LogP contribution < -0.4 is 0 Å². The Kier molecular flexibility index (Phi) is 4.09. The topological polar surface area (TPSA) is 34.1 Å². The number of alkyl halides is 2. The van der Waals surface area contributed by atoms with E-state index in [1.165, 1.54) is 0 Å². The molecule has 1 aliphatic carbocycles. The van der Waals surface area contributed by atoms with Gasteiger partial charge in [0.1, 0.15) is 0 Å². The smallest absolute Gasteiger partial charge is 0.173 e. The first kappa shape index (κ1) is 14.7. The van der Waals surface area contributed by atoms with Gasteiger partial charge in [-0.25, -0.2) is 0 Å². The Morgan fingerprint density at radius 1 is 0.810 bits per heavy atom. The first-order valence-electron chi connectivity index (χ1n) is 6.58. The van der Waals surface area contributed by atoms with Gasteiger partial charge >= 0.3 is 0 Å². The van der Waals surface area contributed by atoms with Crippen LogP contribution >= 0.6 is 31.9 Å². The molecule has 0 amide bonds. The second kappa shape index (κ2) is 5.85. The van der Waals surface area contributed by atoms with Gasteiger partial charge in [0.15, 0.2) is 11.6 Å². The fourth-order valence-corrected chi connectivity index (χ4v) is 3.36. The molecule has 2 aromatic rings. The van der Waals surface area contributed by atoms with E-state index in [-0.39, 0.29) is 11.6 Å². The predicted molar refractivity (Wildman–Crippen MR) is 90.9 cm³/mol. The Hall–Kier alpha value is -1.26. The molecule has 4 heteroatoms. The molecule has 0 aromatic heterocycles. The summed E-state index contributed by atoms with van der Waals surface area (Å²) in [5, 5.41) is 0.672. The summed E-state index contributed by atoms with van der Waals surface area (Å²) >= 11 is 6.40. The molecule has 0 unspecified atom stereocenters. The number of Topliss-reactive ketones (excluding diaryl/α,β-unsaturated/α-hetero) is 2. The van der Waals surface area contributed by atoms with Crippen LogP contribution in [0.1, 0.15) is 31.8 Å². The number of carbonyl (C=O) groups excluding carboxylic acids is 2. The van der Waals surface area contributed by atoms with Gasteiger partial charge in [-0.15, -0.1) is 0 Å². The third-order valence-electron chi connectivity index (χ3n) is 3.77. The molecule has 0 aliphatic heterocycles. The number of benzene rings is 2. The van der Waals surface area contributed by atoms with Crippen LogP contribution in [0.4, 0.5) is 0 Å². The minimum atomic E-state index is 0.0870. The Morgan fingerprint density at radius 3 is 1.62 bits per heavy atom. The fraction of sp³-hybridized carbons (Fsp3) is 0.176. The number of rotatable bonds is 4. The minimum absolute atomic E-state index is 0.0870. The van der Waals surface area contributed by atoms with Gasteiger partial charge in [-0.2, -0.15) is 0 Å². The van der Waals surface area contributed by atoms with Crippen LogP contribution in [-0.2, 0) is 6.42 Å². The van der Waals surface area contributed by atoms with Gasteiger partial charge in [0, 0.05) is 11.1 Å². The SMILES string of the molecule is O=C(CBr)c1ccc2c(c1)Cc1cc(C(=O)CBr)ccc1-2. The lowest BCUT2D eigenvalue weighted by molar-refractivity contribution is 0.101. The highest BCUT2D eigenvalue weighted by atomic mass is 79.9. The summed E-state index contributed by atoms with van der Waals surface area (Å²) in [6.07, 6.45) is 0.775. The molecule has 1 aliphatic rings. The Bertz CT molecular complexity index is 687. The molecular weight excluding hydrogens is 396 g/mol. The lowest BCUT2D eigenvalue weighted by atomic mass is 10.0. The minimum Gasteiger partial charge on any atom is -0.293 e. The van der Waals surface area contributed by atoms with Gasteiger partial charge in [-0.1, -0.05) is 56.1 Å². The zero-order valence-corrected chi connectivity index (χ0v) is 14.3. The maximum Gasteiger partial charge on any atom is 0.173 e. The number of hydrogen-bond acceptors (Lipinski definition) is 2. The summed E-state index contributed by atoms with van der Waals surface area (Å²) in [7, 11) is 0. The number of ketones is 2. The van der Waals surface area contributed by atoms with Crippen molar-refractivity contribution in [2.75, 3.05) is 10.7 Å². The average molecular weight is 408 g/mol. The summed E-state index contributed by atoms with van der Waals surface area (Å²) in [6.45, 7) is 0. The van der Waals surface area contributed by atoms with Gasteiger partial charge in [0.05, 0.1) is 10.7 Å². The van der Waals surface area contributed by atoms with Crippen molar-refractivity contribution < 1.29 is 9.59 Å². The molecule has 0 saturated carbocycles. The van der Waals surface area contributed by atoms with Crippen molar-refractivity contribution >= 4 is 43.4 Å². The van der Waals surface area contributed by atoms with Gasteiger partial charge < -0.3 is 0 Å². The highest BCUT2D eigenvalue weighted by Crippen LogP contribution is 2.37. The third kappa shape index (κ3) is 2.62. The fourth-order valence-electron chi connectivity index (χ4n) is 2.71. The van der Waals surface area contributed by atoms with Gasteiger partial charge in [-0.05, 0) is 40.8 Å². The van der Waals surface area contributed by atoms with E-state index in [2.05, 4.69) is 31.9 Å². The molecule has 2 aromatic carbocycles. The maximum absolute atomic E-state index is 11.8. The first-order chi connectivity index (χ1) is 10.1. The van der Waals surface area contributed by atoms with Crippen LogP contribution in [0.25, 0.3) is 11.1 Å². The second-order valence-electron chi connectivity index (χ2n) is 5.03. The van der Waals surface area contributed by atoms with Gasteiger partial charge in [-0.3, -0.25) is 9.59 Å². The van der Waals surface area contributed by atoms with E-state index in [1.54, 1.807) is 0 Å². The Labute approximate surface area is 139 Å². The van der Waals surface area contributed by atoms with Crippen molar-refractivity contribution in [3.63, 3.8) is 0 Å². The number of carbonyl (C=O) groups is 2. The molecule has 0 saturated heterocycles. The molecule has 21 heavy (non-hydrogen) atoms. The summed E-state index contributed by atoms with van der Waals surface area (Å²) in [4.78, 5) is 23.5. The summed E-state index contributed by atoms with van der Waals surface area (Å²) in [5.74, 6) is 0.174. The zero-order chi connectivity index (χ0) is 15.0. The van der Waals surface area contributed by atoms with Crippen LogP contribution in [0.5, 0.6) is 0 Å². The van der Waals surface area contributed by atoms with Crippen LogP contribution in [0.15, 0.2) is 36.4 Å². The normalized spacial score (nSPS) is 11.9. The van der Waals surface area contributed by atoms with Crippen molar-refractivity contribution in [1.29, 1.82) is 0 Å². The maximum atomic E-state index is 11.8. The van der Waals surface area contributed by atoms with E-state index in [9.17, 15) is 9.59 Å². The van der Waals surface area contributed by atoms with E-state index >= 15 is 0 Å². The van der Waals surface area contributed by atoms with E-state index < -0.39 is 0 Å². The highest BCUT2D eigenvalue weighted by Gasteiger charge is 2.20. The van der Waals surface area contributed by atoms with Crippen molar-refractivity contribution in [1.82, 2.24) is 0 Å². The highest BCUT2D eigenvalue weighted by molar-refractivity contribution is 9.09. The predicted octanol–water partition coefficient (Wildman–Crippen LogP) is 4.41.